The lowest BCUT2D eigenvalue weighted by Gasteiger charge is -2.34. The van der Waals surface area contributed by atoms with E-state index in [1.807, 2.05) is 62.3 Å². The van der Waals surface area contributed by atoms with Crippen LogP contribution in [0, 0.1) is 33.5 Å². The summed E-state index contributed by atoms with van der Waals surface area (Å²) < 4.78 is 5.10. The maximum absolute atomic E-state index is 11.8. The third-order valence-electron chi connectivity index (χ3n) is 14.3. The summed E-state index contributed by atoms with van der Waals surface area (Å²) in [6.45, 7) is 23.5. The molecule has 0 rings (SSSR count). The molecule has 359 valence electrons. The number of ketones is 3. The fraction of sp³-hybridized carbons (Fsp3) is 0.814. The lowest BCUT2D eigenvalue weighted by atomic mass is 8.47. The zero-order valence-corrected chi connectivity index (χ0v) is 49.2. The number of rotatable bonds is 35. The maximum atomic E-state index is 11.8. The zero-order valence-electron chi connectivity index (χ0n) is 49.2. The standard InChI is InChI=1S/C22H38O3.C21H38O2.B14.B13/c1-7-25-20(24)22(5,6)18-16-14-12-10-8-9-11-13-15-17-21(3,4)19(2)23;1-18(22)20(3,4)16-14-12-10-8-7-9-11-13-15-17-21(5,6)19(2)23;1-9(2)13(10(3)4)14(11(5)6)12(7)8;1-8-12(9(2)3)13(10(4)5)11(6)7/h7,9,11-18H2,1-6H3;7-8H,9-17H2,1-6H3;;/b;8-7-;;. The summed E-state index contributed by atoms with van der Waals surface area (Å²) in [5.41, 5.74) is -0.874. The van der Waals surface area contributed by atoms with Crippen LogP contribution in [0.15, 0.2) is 12.2 Å². The molecule has 0 amide bonds. The normalized spacial score (nSPS) is 10.9. The van der Waals surface area contributed by atoms with Crippen molar-refractivity contribution in [2.75, 3.05) is 6.61 Å². The van der Waals surface area contributed by atoms with Gasteiger partial charge >= 0.3 is 5.97 Å². The summed E-state index contributed by atoms with van der Waals surface area (Å²) >= 11 is 0. The van der Waals surface area contributed by atoms with Crippen LogP contribution in [0.1, 0.15) is 199 Å². The van der Waals surface area contributed by atoms with Crippen LogP contribution < -0.4 is 0 Å². The summed E-state index contributed by atoms with van der Waals surface area (Å²) in [6.07, 6.45) is 16.7. The van der Waals surface area contributed by atoms with Crippen molar-refractivity contribution >= 4 is 217 Å². The second-order valence-electron chi connectivity index (χ2n) is 22.9. The molecule has 32 heteroatoms. The third kappa shape index (κ3) is 40.4. The van der Waals surface area contributed by atoms with Crippen LogP contribution in [-0.2, 0) is 23.9 Å². The second kappa shape index (κ2) is 44.2. The summed E-state index contributed by atoms with van der Waals surface area (Å²) in [7, 11) is 83.6. The first-order valence-corrected chi connectivity index (χ1v) is 27.4. The first-order chi connectivity index (χ1) is 34.4. The molecular weight excluding hydrogens is 888 g/mol. The first-order valence-electron chi connectivity index (χ1n) is 27.4. The van der Waals surface area contributed by atoms with E-state index in [9.17, 15) is 19.2 Å². The minimum absolute atomic E-state index is 0.103. The van der Waals surface area contributed by atoms with Crippen molar-refractivity contribution in [1.29, 1.82) is 0 Å². The van der Waals surface area contributed by atoms with Gasteiger partial charge in [0.15, 0.2) is 0 Å². The number of ether oxygens (including phenoxy) is 1. The Kier molecular flexibility index (Phi) is 47.8. The number of Topliss-reactive ketones (excluding diaryl/α,β-unsaturated/α-hetero) is 3. The maximum Gasteiger partial charge on any atom is 0.311 e. The Morgan fingerprint density at radius 1 is 0.427 bits per heavy atom. The van der Waals surface area contributed by atoms with Crippen molar-refractivity contribution in [1.82, 2.24) is 0 Å². The first kappa shape index (κ1) is 81.0. The van der Waals surface area contributed by atoms with E-state index in [0.717, 1.165) is 96.3 Å². The smallest absolute Gasteiger partial charge is 0.311 e. The van der Waals surface area contributed by atoms with Gasteiger partial charge in [-0.15, -0.1) is 11.8 Å². The summed E-state index contributed by atoms with van der Waals surface area (Å²) in [6, 6.07) is 0. The van der Waals surface area contributed by atoms with E-state index in [2.05, 4.69) is 24.0 Å². The Bertz CT molecular complexity index is 1580. The van der Waals surface area contributed by atoms with E-state index in [1.54, 1.807) is 20.8 Å². The summed E-state index contributed by atoms with van der Waals surface area (Å²) in [5, 5.41) is 0. The van der Waals surface area contributed by atoms with Crippen LogP contribution in [0.5, 0.6) is 0 Å². The number of hydrogen-bond acceptors (Lipinski definition) is 5. The molecular formula is C43H76B27O5. The Morgan fingerprint density at radius 2 is 0.707 bits per heavy atom. The number of allylic oxidation sites excluding steroid dienone is 2. The van der Waals surface area contributed by atoms with E-state index in [0.29, 0.717) is 18.2 Å². The van der Waals surface area contributed by atoms with E-state index >= 15 is 0 Å². The van der Waals surface area contributed by atoms with Crippen LogP contribution in [0.4, 0.5) is 0 Å². The topological polar surface area (TPSA) is 77.5 Å². The summed E-state index contributed by atoms with van der Waals surface area (Å²) in [5.74, 6) is 7.23. The molecule has 5 nitrogen and oxygen atoms in total. The van der Waals surface area contributed by atoms with Gasteiger partial charge in [-0.25, -0.2) is 0 Å². The van der Waals surface area contributed by atoms with Gasteiger partial charge in [-0.05, 0) is 106 Å². The lowest BCUT2D eigenvalue weighted by Crippen LogP contribution is -2.72. The van der Waals surface area contributed by atoms with Gasteiger partial charge in [-0.3, -0.25) is 19.2 Å². The molecule has 0 heterocycles. The fourth-order valence-electron chi connectivity index (χ4n) is 7.76. The van der Waals surface area contributed by atoms with Gasteiger partial charge in [0, 0.05) is 222 Å². The van der Waals surface area contributed by atoms with Crippen molar-refractivity contribution in [3.8, 4) is 11.8 Å². The van der Waals surface area contributed by atoms with E-state index in [-0.39, 0.29) is 34.4 Å². The van der Waals surface area contributed by atoms with Crippen LogP contribution in [0.25, 0.3) is 0 Å². The van der Waals surface area contributed by atoms with Gasteiger partial charge in [-0.1, -0.05) is 92.2 Å². The highest BCUT2D eigenvalue weighted by atomic mass is 16.5. The van der Waals surface area contributed by atoms with Crippen LogP contribution >= 0.6 is 0 Å². The quantitative estimate of drug-likeness (QED) is 0.0319. The molecule has 0 aliphatic rings. The van der Waals surface area contributed by atoms with Crippen molar-refractivity contribution < 1.29 is 23.9 Å². The molecule has 0 spiro atoms. The largest absolute Gasteiger partial charge is 0.466 e. The highest BCUT2D eigenvalue weighted by Crippen LogP contribution is 2.28. The minimum Gasteiger partial charge on any atom is -0.466 e. The Balaban J connectivity index is -0.000000465. The lowest BCUT2D eigenvalue weighted by molar-refractivity contribution is -0.153. The van der Waals surface area contributed by atoms with Gasteiger partial charge in [0.1, 0.15) is 17.3 Å². The second-order valence-corrected chi connectivity index (χ2v) is 22.9. The predicted molar refractivity (Wildman–Crippen MR) is 359 cm³/mol. The molecule has 0 aromatic carbocycles. The van der Waals surface area contributed by atoms with Crippen molar-refractivity contribution in [2.45, 2.75) is 199 Å². The zero-order chi connectivity index (χ0) is 59.3. The van der Waals surface area contributed by atoms with Gasteiger partial charge < -0.3 is 4.74 Å². The monoisotopic (exact) mass is 970 g/mol. The molecule has 0 bridgehead atoms. The molecule has 0 aliphatic carbocycles. The molecule has 0 saturated carbocycles. The molecule has 0 aliphatic heterocycles. The molecule has 0 aromatic rings. The van der Waals surface area contributed by atoms with Gasteiger partial charge in [0.05, 0.1) is 12.0 Å². The third-order valence-corrected chi connectivity index (χ3v) is 14.3. The predicted octanol–water partition coefficient (Wildman–Crippen LogP) is 1.71. The van der Waals surface area contributed by atoms with Crippen molar-refractivity contribution in [2.24, 2.45) is 21.7 Å². The van der Waals surface area contributed by atoms with Gasteiger partial charge in [0.2, 0.25) is 0 Å². The molecule has 0 unspecified atom stereocenters. The van der Waals surface area contributed by atoms with Gasteiger partial charge in [-0.2, -0.15) is 0 Å². The average Bonchev–Trinajstić information content (AvgIpc) is 3.27. The molecule has 0 saturated heterocycles. The minimum atomic E-state index is -0.760. The highest BCUT2D eigenvalue weighted by molar-refractivity contribution is 8.11. The van der Waals surface area contributed by atoms with Gasteiger partial charge in [0.25, 0.3) is 0 Å². The summed E-state index contributed by atoms with van der Waals surface area (Å²) in [4.78, 5) is 46.1. The van der Waals surface area contributed by atoms with Crippen molar-refractivity contribution in [3.05, 3.63) is 12.2 Å². The number of esters is 1. The number of carbonyl (C=O) groups is 4. The number of carbonyl (C=O) groups excluding carboxylic acids is 4. The van der Waals surface area contributed by atoms with Crippen LogP contribution in [0.2, 0.25) is 0 Å². The fourth-order valence-corrected chi connectivity index (χ4v) is 7.76. The van der Waals surface area contributed by atoms with Crippen LogP contribution in [0.3, 0.4) is 0 Å². The number of hydrogen-bond donors (Lipinski definition) is 0. The molecule has 75 heavy (non-hydrogen) atoms. The molecule has 31 radical (unpaired) electrons. The Hall–Kier alpha value is -0.467. The van der Waals surface area contributed by atoms with Crippen molar-refractivity contribution in [3.63, 3.8) is 0 Å². The number of unbranched alkanes of at least 4 members (excludes halogenated alkanes) is 10. The molecule has 0 N–H and O–H groups in total. The molecule has 0 aromatic heterocycles. The molecule has 0 fully saturated rings. The highest BCUT2D eigenvalue weighted by Gasteiger charge is 2.36. The van der Waals surface area contributed by atoms with E-state index in [1.165, 1.54) is 26.3 Å². The van der Waals surface area contributed by atoms with E-state index < -0.39 is 69.3 Å². The Labute approximate surface area is 488 Å². The van der Waals surface area contributed by atoms with Crippen LogP contribution in [-0.4, -0.2) is 223 Å². The Morgan fingerprint density at radius 3 is 0.987 bits per heavy atom. The van der Waals surface area contributed by atoms with E-state index in [4.69, 9.17) is 121 Å². The average molecular weight is 965 g/mol. The SMILES string of the molecule is CC(=O)C(C)(C)CCCC/C=C\CCCCCC(C)(C)C(C)=O.CCOC(=O)C(C)(C)CCCCC#CCCCCCC(C)(C)C(C)=O.[B]B([B])B(B([B])[B])B(B([B])[B])B([B])[B].[B][B]B(B([B])[B])B(B([B])[B])B([B])[B]. The molecule has 0 atom stereocenters.